The number of imidazole rings is 1. The predicted molar refractivity (Wildman–Crippen MR) is 131 cm³/mol. The molecule has 0 atom stereocenters. The van der Waals surface area contributed by atoms with Crippen molar-refractivity contribution in [3.63, 3.8) is 0 Å². The number of aryl methyl sites for hydroxylation is 2. The molecule has 3 heterocycles. The minimum atomic E-state index is 0.395. The van der Waals surface area contributed by atoms with E-state index in [1.807, 2.05) is 12.1 Å². The first-order valence-corrected chi connectivity index (χ1v) is 12.2. The Balaban J connectivity index is 1.67. The topological polar surface area (TPSA) is 81.7 Å². The van der Waals surface area contributed by atoms with Crippen molar-refractivity contribution in [1.29, 1.82) is 0 Å². The molecule has 162 valence electrons. The van der Waals surface area contributed by atoms with Gasteiger partial charge in [0.05, 0.1) is 0 Å². The van der Waals surface area contributed by atoms with Gasteiger partial charge in [-0.1, -0.05) is 37.2 Å². The van der Waals surface area contributed by atoms with Gasteiger partial charge in [0.25, 0.3) is 0 Å². The molecule has 0 bridgehead atoms. The van der Waals surface area contributed by atoms with E-state index >= 15 is 0 Å². The van der Waals surface area contributed by atoms with E-state index in [0.29, 0.717) is 22.4 Å². The van der Waals surface area contributed by atoms with E-state index in [1.54, 1.807) is 23.1 Å². The van der Waals surface area contributed by atoms with E-state index in [2.05, 4.69) is 58.8 Å². The van der Waals surface area contributed by atoms with Crippen molar-refractivity contribution < 1.29 is 0 Å². The zero-order valence-electron chi connectivity index (χ0n) is 17.7. The lowest BCUT2D eigenvalue weighted by Crippen LogP contribution is -2.24. The van der Waals surface area contributed by atoms with Crippen molar-refractivity contribution >= 4 is 51.7 Å². The number of aromatic nitrogens is 4. The van der Waals surface area contributed by atoms with Gasteiger partial charge in [0.2, 0.25) is 0 Å². The Morgan fingerprint density at radius 1 is 1.23 bits per heavy atom. The first-order chi connectivity index (χ1) is 14.9. The van der Waals surface area contributed by atoms with Crippen molar-refractivity contribution in [2.24, 2.45) is 0 Å². The normalized spacial score (nSPS) is 11.6. The summed E-state index contributed by atoms with van der Waals surface area (Å²) < 4.78 is 2.12. The highest BCUT2D eigenvalue weighted by Crippen LogP contribution is 2.37. The molecule has 31 heavy (non-hydrogen) atoms. The number of nitrogens with one attached hydrogen (secondary N) is 1. The fourth-order valence-electron chi connectivity index (χ4n) is 3.30. The highest BCUT2D eigenvalue weighted by molar-refractivity contribution is 7.99. The molecule has 0 aliphatic carbocycles. The first kappa shape index (κ1) is 22.1. The van der Waals surface area contributed by atoms with Crippen LogP contribution in [0.2, 0.25) is 5.02 Å². The first-order valence-electron chi connectivity index (χ1n) is 10.2. The maximum atomic E-state index is 6.46. The number of nitrogens with two attached hydrogens (primary N) is 1. The molecule has 0 unspecified atom stereocenters. The molecule has 0 spiro atoms. The van der Waals surface area contributed by atoms with Gasteiger partial charge in [-0.15, -0.1) is 11.3 Å². The SMILES string of the molecule is Cc1ccc(-c2cc(Cl)cc(Sc3nc4c(N)ncnc4n3CCCNC(C)C)c2)s1. The fraction of sp³-hybridized carbons (Fsp3) is 0.318. The number of rotatable bonds is 8. The summed E-state index contributed by atoms with van der Waals surface area (Å²) in [5, 5.41) is 5.00. The average molecular weight is 473 g/mol. The second-order valence-electron chi connectivity index (χ2n) is 7.63. The number of anilines is 1. The summed E-state index contributed by atoms with van der Waals surface area (Å²) >= 11 is 9.79. The number of fused-ring (bicyclic) bond motifs is 1. The minimum absolute atomic E-state index is 0.395. The predicted octanol–water partition coefficient (Wildman–Crippen LogP) is 5.64. The molecule has 0 saturated heterocycles. The monoisotopic (exact) mass is 472 g/mol. The van der Waals surface area contributed by atoms with E-state index in [4.69, 9.17) is 22.3 Å². The second-order valence-corrected chi connectivity index (χ2v) is 10.4. The van der Waals surface area contributed by atoms with Gasteiger partial charge < -0.3 is 15.6 Å². The molecule has 9 heteroatoms. The number of benzene rings is 1. The van der Waals surface area contributed by atoms with Crippen molar-refractivity contribution in [3.8, 4) is 10.4 Å². The van der Waals surface area contributed by atoms with Gasteiger partial charge in [0, 0.05) is 32.3 Å². The summed E-state index contributed by atoms with van der Waals surface area (Å²) in [5.41, 5.74) is 8.59. The molecule has 1 aromatic carbocycles. The molecular formula is C22H25ClN6S2. The molecule has 3 aromatic heterocycles. The number of thiophene rings is 1. The van der Waals surface area contributed by atoms with Gasteiger partial charge in [-0.25, -0.2) is 15.0 Å². The molecule has 4 aromatic rings. The summed E-state index contributed by atoms with van der Waals surface area (Å²) in [6.07, 6.45) is 2.45. The highest BCUT2D eigenvalue weighted by atomic mass is 35.5. The maximum Gasteiger partial charge on any atom is 0.175 e. The fourth-order valence-corrected chi connectivity index (χ4v) is 5.46. The van der Waals surface area contributed by atoms with Crippen LogP contribution in [0.1, 0.15) is 25.1 Å². The molecule has 0 fully saturated rings. The molecule has 0 aliphatic rings. The van der Waals surface area contributed by atoms with E-state index in [1.165, 1.54) is 16.1 Å². The highest BCUT2D eigenvalue weighted by Gasteiger charge is 2.16. The van der Waals surface area contributed by atoms with Gasteiger partial charge in [-0.2, -0.15) is 0 Å². The zero-order valence-corrected chi connectivity index (χ0v) is 20.1. The van der Waals surface area contributed by atoms with Crippen LogP contribution < -0.4 is 11.1 Å². The third-order valence-corrected chi connectivity index (χ3v) is 6.98. The van der Waals surface area contributed by atoms with Crippen LogP contribution in [0, 0.1) is 6.92 Å². The molecule has 6 nitrogen and oxygen atoms in total. The van der Waals surface area contributed by atoms with E-state index in [0.717, 1.165) is 40.8 Å². The summed E-state index contributed by atoms with van der Waals surface area (Å²) in [5.74, 6) is 0.395. The van der Waals surface area contributed by atoms with Crippen LogP contribution in [0.5, 0.6) is 0 Å². The number of nitrogen functional groups attached to an aromatic ring is 1. The molecule has 0 aliphatic heterocycles. The summed E-state index contributed by atoms with van der Waals surface area (Å²) in [4.78, 5) is 16.8. The smallest absolute Gasteiger partial charge is 0.175 e. The average Bonchev–Trinajstić information content (AvgIpc) is 3.29. The van der Waals surface area contributed by atoms with Crippen LogP contribution in [-0.2, 0) is 6.54 Å². The van der Waals surface area contributed by atoms with Crippen molar-refractivity contribution in [2.75, 3.05) is 12.3 Å². The Labute approximate surface area is 195 Å². The van der Waals surface area contributed by atoms with E-state index in [-0.39, 0.29) is 0 Å². The van der Waals surface area contributed by atoms with Crippen LogP contribution in [0.25, 0.3) is 21.6 Å². The summed E-state index contributed by atoms with van der Waals surface area (Å²) in [7, 11) is 0. The van der Waals surface area contributed by atoms with E-state index in [9.17, 15) is 0 Å². The Bertz CT molecular complexity index is 1200. The van der Waals surface area contributed by atoms with Crippen molar-refractivity contribution in [3.05, 3.63) is 46.6 Å². The van der Waals surface area contributed by atoms with Crippen molar-refractivity contribution in [2.45, 2.75) is 49.8 Å². The van der Waals surface area contributed by atoms with Gasteiger partial charge >= 0.3 is 0 Å². The number of hydrogen-bond donors (Lipinski definition) is 2. The third kappa shape index (κ3) is 5.20. The Morgan fingerprint density at radius 3 is 2.81 bits per heavy atom. The molecule has 4 rings (SSSR count). The van der Waals surface area contributed by atoms with Crippen LogP contribution >= 0.6 is 34.7 Å². The Kier molecular flexibility index (Phi) is 6.81. The zero-order chi connectivity index (χ0) is 22.0. The van der Waals surface area contributed by atoms with E-state index < -0.39 is 0 Å². The molecule has 0 saturated carbocycles. The standard InChI is InChI=1S/C22H25ClN6S2/c1-13(2)25-7-4-8-29-21-19(20(24)26-12-27-21)28-22(29)31-17-10-15(9-16(23)11-17)18-6-5-14(3)30-18/h5-6,9-13,25H,4,7-8H2,1-3H3,(H2,24,26,27). The maximum absolute atomic E-state index is 6.46. The van der Waals surface area contributed by atoms with Crippen LogP contribution in [0.4, 0.5) is 5.82 Å². The molecule has 0 amide bonds. The van der Waals surface area contributed by atoms with Gasteiger partial charge in [-0.3, -0.25) is 0 Å². The quantitative estimate of drug-likeness (QED) is 0.323. The Morgan fingerprint density at radius 2 is 2.06 bits per heavy atom. The second kappa shape index (κ2) is 9.56. The number of nitrogens with zero attached hydrogens (tertiary/aromatic N) is 4. The van der Waals surface area contributed by atoms with Crippen molar-refractivity contribution in [1.82, 2.24) is 24.8 Å². The van der Waals surface area contributed by atoms with Gasteiger partial charge in [0.1, 0.15) is 6.33 Å². The summed E-state index contributed by atoms with van der Waals surface area (Å²) in [6.45, 7) is 8.10. The molecule has 0 radical (unpaired) electrons. The summed E-state index contributed by atoms with van der Waals surface area (Å²) in [6, 6.07) is 10.8. The number of halogens is 1. The van der Waals surface area contributed by atoms with Gasteiger partial charge in [-0.05, 0) is 55.8 Å². The van der Waals surface area contributed by atoms with Crippen LogP contribution in [0.15, 0.2) is 46.7 Å². The van der Waals surface area contributed by atoms with Crippen LogP contribution in [-0.4, -0.2) is 32.1 Å². The largest absolute Gasteiger partial charge is 0.382 e. The minimum Gasteiger partial charge on any atom is -0.382 e. The third-order valence-electron chi connectivity index (χ3n) is 4.74. The molecular weight excluding hydrogens is 448 g/mol. The lowest BCUT2D eigenvalue weighted by Gasteiger charge is -2.11. The van der Waals surface area contributed by atoms with Gasteiger partial charge in [0.15, 0.2) is 22.1 Å². The number of hydrogen-bond acceptors (Lipinski definition) is 7. The van der Waals surface area contributed by atoms with Crippen LogP contribution in [0.3, 0.4) is 0 Å². The molecule has 3 N–H and O–H groups in total. The Hall–Kier alpha value is -2.13. The lowest BCUT2D eigenvalue weighted by molar-refractivity contribution is 0.525. The lowest BCUT2D eigenvalue weighted by atomic mass is 10.2.